The lowest BCUT2D eigenvalue weighted by molar-refractivity contribution is 0.0992. The molecule has 1 aromatic rings. The van der Waals surface area contributed by atoms with Gasteiger partial charge in [0, 0.05) is 12.7 Å². The largest absolute Gasteiger partial charge is 0.394 e. The van der Waals surface area contributed by atoms with Crippen molar-refractivity contribution in [3.63, 3.8) is 0 Å². The number of nitrogens with one attached hydrogen (secondary N) is 1. The molecule has 3 rings (SSSR count). The molecule has 0 aromatic carbocycles. The topological polar surface area (TPSA) is 67.3 Å². The Hall–Kier alpha value is -2.42. The average Bonchev–Trinajstić information content (AvgIpc) is 3.13. The summed E-state index contributed by atoms with van der Waals surface area (Å²) in [5.74, 6) is 3.38. The minimum absolute atomic E-state index is 0.0365. The Balaban J connectivity index is 0.000000218. The maximum Gasteiger partial charge on any atom is 0.206 e. The lowest BCUT2D eigenvalue weighted by atomic mass is 10.5. The van der Waals surface area contributed by atoms with Crippen LogP contribution >= 0.6 is 0 Å². The van der Waals surface area contributed by atoms with Gasteiger partial charge in [-0.3, -0.25) is 0 Å². The van der Waals surface area contributed by atoms with Gasteiger partial charge in [0.25, 0.3) is 0 Å². The summed E-state index contributed by atoms with van der Waals surface area (Å²) in [6, 6.07) is 10.2. The fourth-order valence-corrected chi connectivity index (χ4v) is 1.62. The molecular weight excluding hydrogens is 266 g/mol. The molecule has 1 aromatic heterocycles. The smallest absolute Gasteiger partial charge is 0.206 e. The summed E-state index contributed by atoms with van der Waals surface area (Å²) in [6.45, 7) is 1.51. The van der Waals surface area contributed by atoms with Crippen molar-refractivity contribution in [1.29, 1.82) is 0 Å². The predicted octanol–water partition coefficient (Wildman–Crippen LogP) is 1.55. The number of aliphatic hydroxyl groups excluding tert-OH is 1. The highest BCUT2D eigenvalue weighted by molar-refractivity contribution is 5.80. The molecule has 0 amide bonds. The Morgan fingerprint density at radius 1 is 1.24 bits per heavy atom. The van der Waals surface area contributed by atoms with Crippen LogP contribution in [0, 0.1) is 12.3 Å². The normalized spacial score (nSPS) is 10.1. The SMILES string of the molecule is C#Cc1nccc(NCCOCCO)n1.c1cc2cc-2c1. The number of aliphatic hydroxyl groups is 1. The van der Waals surface area contributed by atoms with Gasteiger partial charge in [0.15, 0.2) is 0 Å². The van der Waals surface area contributed by atoms with Gasteiger partial charge in [-0.15, -0.1) is 6.42 Å². The number of aromatic nitrogens is 2. The van der Waals surface area contributed by atoms with E-state index in [0.717, 1.165) is 0 Å². The van der Waals surface area contributed by atoms with Crippen LogP contribution in [0.1, 0.15) is 5.82 Å². The molecule has 5 nitrogen and oxygen atoms in total. The molecule has 2 aliphatic rings. The lowest BCUT2D eigenvalue weighted by Gasteiger charge is -2.05. The number of rotatable bonds is 6. The first-order chi connectivity index (χ1) is 10.3. The van der Waals surface area contributed by atoms with Gasteiger partial charge in [0.1, 0.15) is 5.82 Å². The molecule has 0 aliphatic heterocycles. The number of fused-ring (bicyclic) bond motifs is 1. The first-order valence-corrected chi connectivity index (χ1v) is 6.66. The fraction of sp³-hybridized carbons (Fsp3) is 0.250. The molecule has 2 aliphatic carbocycles. The summed E-state index contributed by atoms with van der Waals surface area (Å²) >= 11 is 0. The van der Waals surface area contributed by atoms with E-state index in [0.29, 0.717) is 31.4 Å². The Kier molecular flexibility index (Phi) is 5.71. The van der Waals surface area contributed by atoms with E-state index in [1.54, 1.807) is 12.3 Å². The van der Waals surface area contributed by atoms with E-state index in [-0.39, 0.29) is 6.61 Å². The molecule has 0 atom stereocenters. The highest BCUT2D eigenvalue weighted by Gasteiger charge is 2.06. The number of anilines is 1. The average molecular weight is 283 g/mol. The maximum atomic E-state index is 8.46. The van der Waals surface area contributed by atoms with E-state index in [1.807, 2.05) is 0 Å². The zero-order valence-electron chi connectivity index (χ0n) is 11.6. The Labute approximate surface area is 124 Å². The summed E-state index contributed by atoms with van der Waals surface area (Å²) in [7, 11) is 0. The summed E-state index contributed by atoms with van der Waals surface area (Å²) in [5, 5.41) is 11.5. The molecule has 21 heavy (non-hydrogen) atoms. The fourth-order valence-electron chi connectivity index (χ4n) is 1.62. The summed E-state index contributed by atoms with van der Waals surface area (Å²) < 4.78 is 5.06. The standard InChI is InChI=1S/C10H13N3O2.C6H4/c1-2-9-11-4-3-10(13-9)12-5-7-15-8-6-14;1-2-5-4-6(5)3-1/h1,3-4,14H,5-8H2,(H,11,12,13);1-4H. The van der Waals surface area contributed by atoms with Crippen molar-refractivity contribution >= 4 is 5.82 Å². The second-order valence-electron chi connectivity index (χ2n) is 4.25. The highest BCUT2D eigenvalue weighted by atomic mass is 16.5. The van der Waals surface area contributed by atoms with E-state index in [4.69, 9.17) is 16.3 Å². The number of ether oxygens (including phenoxy) is 1. The Bertz CT molecular complexity index is 606. The van der Waals surface area contributed by atoms with Crippen LogP contribution in [0.25, 0.3) is 11.1 Å². The molecule has 0 saturated heterocycles. The van der Waals surface area contributed by atoms with Gasteiger partial charge in [0.05, 0.1) is 19.8 Å². The lowest BCUT2D eigenvalue weighted by Crippen LogP contribution is -2.12. The van der Waals surface area contributed by atoms with Crippen LogP contribution < -0.4 is 5.32 Å². The van der Waals surface area contributed by atoms with Gasteiger partial charge >= 0.3 is 0 Å². The number of nitrogens with zero attached hydrogens (tertiary/aromatic N) is 2. The van der Waals surface area contributed by atoms with Crippen molar-refractivity contribution in [3.05, 3.63) is 42.4 Å². The molecular formula is C16H17N3O2. The summed E-state index contributed by atoms with van der Waals surface area (Å²) in [5.41, 5.74) is 2.85. The van der Waals surface area contributed by atoms with Gasteiger partial charge < -0.3 is 15.2 Å². The predicted molar refractivity (Wildman–Crippen MR) is 81.8 cm³/mol. The van der Waals surface area contributed by atoms with Gasteiger partial charge in [0.2, 0.25) is 5.82 Å². The molecule has 0 saturated carbocycles. The minimum Gasteiger partial charge on any atom is -0.394 e. The first kappa shape index (κ1) is 15.0. The maximum absolute atomic E-state index is 8.46. The van der Waals surface area contributed by atoms with E-state index < -0.39 is 0 Å². The Morgan fingerprint density at radius 3 is 2.62 bits per heavy atom. The van der Waals surface area contributed by atoms with Crippen molar-refractivity contribution in [2.75, 3.05) is 31.7 Å². The number of hydrogen-bond donors (Lipinski definition) is 2. The second-order valence-corrected chi connectivity index (χ2v) is 4.25. The van der Waals surface area contributed by atoms with E-state index >= 15 is 0 Å². The third kappa shape index (κ3) is 5.22. The van der Waals surface area contributed by atoms with Crippen molar-refractivity contribution in [3.8, 4) is 23.5 Å². The number of hydrogen-bond acceptors (Lipinski definition) is 5. The molecule has 108 valence electrons. The second kappa shape index (κ2) is 8.00. The van der Waals surface area contributed by atoms with Gasteiger partial charge in [-0.1, -0.05) is 18.2 Å². The van der Waals surface area contributed by atoms with Crippen molar-refractivity contribution in [2.24, 2.45) is 0 Å². The van der Waals surface area contributed by atoms with Crippen molar-refractivity contribution < 1.29 is 9.84 Å². The number of terminal acetylenes is 1. The third-order valence-electron chi connectivity index (χ3n) is 2.69. The van der Waals surface area contributed by atoms with Crippen LogP contribution in [-0.4, -0.2) is 41.4 Å². The molecule has 2 N–H and O–H groups in total. The molecule has 0 bridgehead atoms. The van der Waals surface area contributed by atoms with Crippen LogP contribution in [0.3, 0.4) is 0 Å². The molecule has 0 radical (unpaired) electrons. The number of benzene rings is 1. The quantitative estimate of drug-likeness (QED) is 0.530. The summed E-state index contributed by atoms with van der Waals surface area (Å²) in [6.07, 6.45) is 6.75. The Morgan fingerprint density at radius 2 is 2.05 bits per heavy atom. The molecule has 0 fully saturated rings. The van der Waals surface area contributed by atoms with E-state index in [2.05, 4.69) is 45.5 Å². The van der Waals surface area contributed by atoms with Gasteiger partial charge in [-0.05, 0) is 29.2 Å². The zero-order chi connectivity index (χ0) is 14.9. The van der Waals surface area contributed by atoms with Gasteiger partial charge in [-0.25, -0.2) is 9.97 Å². The monoisotopic (exact) mass is 283 g/mol. The minimum atomic E-state index is 0.0365. The molecule has 1 heterocycles. The van der Waals surface area contributed by atoms with E-state index in [9.17, 15) is 0 Å². The van der Waals surface area contributed by atoms with Crippen molar-refractivity contribution in [2.45, 2.75) is 0 Å². The molecule has 0 spiro atoms. The van der Waals surface area contributed by atoms with Crippen molar-refractivity contribution in [1.82, 2.24) is 9.97 Å². The summed E-state index contributed by atoms with van der Waals surface area (Å²) in [4.78, 5) is 7.91. The molecule has 0 unspecified atom stereocenters. The van der Waals surface area contributed by atoms with Crippen LogP contribution in [0.4, 0.5) is 5.82 Å². The van der Waals surface area contributed by atoms with Crippen LogP contribution in [0.5, 0.6) is 0 Å². The van der Waals surface area contributed by atoms with Crippen LogP contribution in [0.15, 0.2) is 36.5 Å². The van der Waals surface area contributed by atoms with Crippen LogP contribution in [-0.2, 0) is 4.74 Å². The van der Waals surface area contributed by atoms with Gasteiger partial charge in [-0.2, -0.15) is 0 Å². The molecule has 5 heteroatoms. The van der Waals surface area contributed by atoms with Crippen LogP contribution in [0.2, 0.25) is 0 Å². The van der Waals surface area contributed by atoms with E-state index in [1.165, 1.54) is 11.1 Å². The highest BCUT2D eigenvalue weighted by Crippen LogP contribution is 2.32. The third-order valence-corrected chi connectivity index (χ3v) is 2.69. The first-order valence-electron chi connectivity index (χ1n) is 6.66. The zero-order valence-corrected chi connectivity index (χ0v) is 11.6.